The number of rotatable bonds is 11. The molecule has 0 spiro atoms. The fourth-order valence-corrected chi connectivity index (χ4v) is 9.41. The van der Waals surface area contributed by atoms with E-state index in [1.54, 1.807) is 30.5 Å². The Balaban J connectivity index is 1.02. The number of pyridine rings is 1. The van der Waals surface area contributed by atoms with Crippen molar-refractivity contribution in [1.82, 2.24) is 19.6 Å². The summed E-state index contributed by atoms with van der Waals surface area (Å²) < 4.78 is 34.8. The molecule has 3 aliphatic rings. The van der Waals surface area contributed by atoms with Crippen molar-refractivity contribution in [2.45, 2.75) is 119 Å². The number of fused-ring (bicyclic) bond motifs is 1. The van der Waals surface area contributed by atoms with E-state index < -0.39 is 20.9 Å². The average Bonchev–Trinajstić information content (AvgIpc) is 3.62. The van der Waals surface area contributed by atoms with Crippen molar-refractivity contribution in [3.05, 3.63) is 82.7 Å². The third kappa shape index (κ3) is 8.04. The van der Waals surface area contributed by atoms with Crippen LogP contribution in [0.3, 0.4) is 0 Å². The maximum atomic E-state index is 13.4. The Labute approximate surface area is 298 Å². The molecule has 3 N–H and O–H groups in total. The van der Waals surface area contributed by atoms with Gasteiger partial charge in [-0.25, -0.2) is 18.1 Å². The van der Waals surface area contributed by atoms with Crippen LogP contribution in [0.1, 0.15) is 100 Å². The third-order valence-electron chi connectivity index (χ3n) is 10.9. The van der Waals surface area contributed by atoms with Crippen LogP contribution in [-0.4, -0.2) is 58.3 Å². The molecule has 3 saturated carbocycles. The molecule has 2 aromatic carbocycles. The Morgan fingerprint density at radius 3 is 2.22 bits per heavy atom. The highest BCUT2D eigenvalue weighted by Gasteiger charge is 2.36. The number of nitro benzene ring substituents is 1. The van der Waals surface area contributed by atoms with E-state index >= 15 is 0 Å². The Morgan fingerprint density at radius 2 is 1.53 bits per heavy atom. The van der Waals surface area contributed by atoms with Gasteiger partial charge in [0.15, 0.2) is 0 Å². The number of amides is 1. The summed E-state index contributed by atoms with van der Waals surface area (Å²) in [7, 11) is -4.47. The average molecular weight is 715 g/mol. The summed E-state index contributed by atoms with van der Waals surface area (Å²) in [6.07, 6.45) is 20.2. The van der Waals surface area contributed by atoms with Gasteiger partial charge >= 0.3 is 0 Å². The summed E-state index contributed by atoms with van der Waals surface area (Å²) in [4.78, 5) is 34.7. The number of hydrogen-bond donors (Lipinski definition) is 3. The quantitative estimate of drug-likeness (QED) is 0.103. The molecule has 2 aromatic heterocycles. The maximum Gasteiger partial charge on any atom is 0.293 e. The van der Waals surface area contributed by atoms with Gasteiger partial charge in [0.05, 0.1) is 21.6 Å². The largest absolute Gasteiger partial charge is 0.455 e. The highest BCUT2D eigenvalue weighted by molar-refractivity contribution is 7.90. The summed E-state index contributed by atoms with van der Waals surface area (Å²) in [5.74, 6) is -0.440. The zero-order chi connectivity index (χ0) is 35.4. The number of H-pyrrole nitrogens is 1. The Bertz CT molecular complexity index is 1940. The summed E-state index contributed by atoms with van der Waals surface area (Å²) in [5.41, 5.74) is 0.573. The first-order chi connectivity index (χ1) is 24.7. The van der Waals surface area contributed by atoms with Crippen molar-refractivity contribution in [3.63, 3.8) is 0 Å². The highest BCUT2D eigenvalue weighted by atomic mass is 32.2. The molecule has 270 valence electrons. The highest BCUT2D eigenvalue weighted by Crippen LogP contribution is 2.38. The second kappa shape index (κ2) is 15.4. The zero-order valence-electron chi connectivity index (χ0n) is 28.8. The van der Waals surface area contributed by atoms with Crippen LogP contribution >= 0.6 is 0 Å². The molecule has 3 fully saturated rings. The lowest BCUT2D eigenvalue weighted by molar-refractivity contribution is -0.384. The van der Waals surface area contributed by atoms with E-state index in [1.165, 1.54) is 88.6 Å². The van der Waals surface area contributed by atoms with Crippen molar-refractivity contribution in [2.75, 3.05) is 5.32 Å². The van der Waals surface area contributed by atoms with E-state index in [0.717, 1.165) is 37.1 Å². The standard InChI is InChI=1S/C38H46N6O6S/c45-38(33-13-7-8-14-36(33)50-31-23-26-21-22-39-37(26)40-25-31)42-51(48,49)32-19-20-34(35(24-32)44(46)47)41-27-15-17-30(18-16-27)43(28-9-3-1-4-10-28)29-11-5-2-6-12-29/h7-8,13-14,19-25,27-30,41H,1-6,9-12,15-18H2,(H,39,40)(H,42,45). The van der Waals surface area contributed by atoms with Crippen LogP contribution in [0.25, 0.3) is 11.0 Å². The smallest absolute Gasteiger partial charge is 0.293 e. The molecule has 0 bridgehead atoms. The molecule has 3 aliphatic carbocycles. The Hall–Kier alpha value is -4.49. The van der Waals surface area contributed by atoms with Crippen LogP contribution in [0.15, 0.2) is 71.9 Å². The van der Waals surface area contributed by atoms with Gasteiger partial charge in [0.2, 0.25) is 0 Å². The number of carbonyl (C=O) groups is 1. The predicted molar refractivity (Wildman–Crippen MR) is 196 cm³/mol. The summed E-state index contributed by atoms with van der Waals surface area (Å²) >= 11 is 0. The van der Waals surface area contributed by atoms with E-state index in [0.29, 0.717) is 29.5 Å². The number of hydrogen-bond acceptors (Lipinski definition) is 9. The van der Waals surface area contributed by atoms with Gasteiger partial charge < -0.3 is 15.0 Å². The number of para-hydroxylation sites is 1. The van der Waals surface area contributed by atoms with E-state index in [-0.39, 0.29) is 33.6 Å². The monoisotopic (exact) mass is 714 g/mol. The third-order valence-corrected chi connectivity index (χ3v) is 12.2. The van der Waals surface area contributed by atoms with Crippen molar-refractivity contribution >= 4 is 38.3 Å². The van der Waals surface area contributed by atoms with Gasteiger partial charge in [-0.05, 0) is 87.8 Å². The molecular formula is C38H46N6O6S. The lowest BCUT2D eigenvalue weighted by Gasteiger charge is -2.48. The SMILES string of the molecule is O=C(NS(=O)(=O)c1ccc(NC2CCC(N(C3CCCCC3)C3CCCCC3)CC2)c([N+](=O)[O-])c1)c1ccccc1Oc1cnc2[nH]ccc2c1. The van der Waals surface area contributed by atoms with Crippen molar-refractivity contribution in [3.8, 4) is 11.5 Å². The first-order valence-corrected chi connectivity index (χ1v) is 19.8. The van der Waals surface area contributed by atoms with Crippen molar-refractivity contribution in [2.24, 2.45) is 0 Å². The normalized spacial score (nSPS) is 20.6. The second-order valence-corrected chi connectivity index (χ2v) is 15.9. The summed E-state index contributed by atoms with van der Waals surface area (Å²) in [6.45, 7) is 0. The first kappa shape index (κ1) is 34.9. The lowest BCUT2D eigenvalue weighted by atomic mass is 9.83. The molecule has 2 heterocycles. The number of nitrogens with one attached hydrogen (secondary N) is 3. The molecule has 0 saturated heterocycles. The minimum Gasteiger partial charge on any atom is -0.455 e. The number of ether oxygens (including phenoxy) is 1. The first-order valence-electron chi connectivity index (χ1n) is 18.3. The fraction of sp³-hybridized carbons (Fsp3) is 0.474. The van der Waals surface area contributed by atoms with Crippen molar-refractivity contribution < 1.29 is 22.9 Å². The van der Waals surface area contributed by atoms with Crippen LogP contribution in [0.5, 0.6) is 11.5 Å². The number of nitro groups is 1. The van der Waals surface area contributed by atoms with Gasteiger partial charge in [-0.2, -0.15) is 0 Å². The van der Waals surface area contributed by atoms with Gasteiger partial charge in [0.1, 0.15) is 22.8 Å². The topological polar surface area (TPSA) is 160 Å². The summed E-state index contributed by atoms with van der Waals surface area (Å²) in [5, 5.41) is 16.4. The van der Waals surface area contributed by atoms with Crippen LogP contribution < -0.4 is 14.8 Å². The number of nitrogens with zero attached hydrogens (tertiary/aromatic N) is 3. The number of sulfonamides is 1. The molecule has 0 atom stereocenters. The number of anilines is 1. The lowest BCUT2D eigenvalue weighted by Crippen LogP contribution is -2.52. The van der Waals surface area contributed by atoms with Gasteiger partial charge in [-0.1, -0.05) is 50.7 Å². The van der Waals surface area contributed by atoms with Crippen LogP contribution in [0.4, 0.5) is 11.4 Å². The minimum absolute atomic E-state index is 0.0239. The number of benzene rings is 2. The zero-order valence-corrected chi connectivity index (χ0v) is 29.6. The molecule has 0 aliphatic heterocycles. The van der Waals surface area contributed by atoms with Crippen LogP contribution in [0.2, 0.25) is 0 Å². The minimum atomic E-state index is -4.47. The number of aromatic nitrogens is 2. The van der Waals surface area contributed by atoms with Gasteiger partial charge in [-0.15, -0.1) is 0 Å². The Kier molecular flexibility index (Phi) is 10.6. The molecule has 0 radical (unpaired) electrons. The van der Waals surface area contributed by atoms with Crippen molar-refractivity contribution in [1.29, 1.82) is 0 Å². The van der Waals surface area contributed by atoms with E-state index in [4.69, 9.17) is 4.74 Å². The van der Waals surface area contributed by atoms with Gasteiger partial charge in [0, 0.05) is 41.8 Å². The second-order valence-electron chi connectivity index (χ2n) is 14.2. The molecule has 51 heavy (non-hydrogen) atoms. The van der Waals surface area contributed by atoms with Gasteiger partial charge in [-0.3, -0.25) is 19.8 Å². The van der Waals surface area contributed by atoms with Crippen LogP contribution in [-0.2, 0) is 10.0 Å². The molecule has 12 nitrogen and oxygen atoms in total. The predicted octanol–water partition coefficient (Wildman–Crippen LogP) is 8.07. The summed E-state index contributed by atoms with van der Waals surface area (Å²) in [6, 6.07) is 15.5. The molecular weight excluding hydrogens is 669 g/mol. The van der Waals surface area contributed by atoms with E-state index in [9.17, 15) is 23.3 Å². The van der Waals surface area contributed by atoms with E-state index in [1.807, 2.05) is 6.07 Å². The van der Waals surface area contributed by atoms with Gasteiger partial charge in [0.25, 0.3) is 21.6 Å². The van der Waals surface area contributed by atoms with E-state index in [2.05, 4.69) is 24.9 Å². The fourth-order valence-electron chi connectivity index (χ4n) is 8.42. The maximum absolute atomic E-state index is 13.4. The number of carbonyl (C=O) groups excluding carboxylic acids is 1. The molecule has 1 amide bonds. The van der Waals surface area contributed by atoms with Crippen LogP contribution in [0, 0.1) is 10.1 Å². The molecule has 7 rings (SSSR count). The molecule has 0 unspecified atom stereocenters. The molecule has 4 aromatic rings. The number of aromatic amines is 1. The molecule has 13 heteroatoms. The Morgan fingerprint density at radius 1 is 0.863 bits per heavy atom.